The highest BCUT2D eigenvalue weighted by Crippen LogP contribution is 2.17. The molecule has 3 nitrogen and oxygen atoms in total. The van der Waals surface area contributed by atoms with Gasteiger partial charge in [-0.05, 0) is 24.6 Å². The molecule has 3 heteroatoms. The average molecular weight is 183 g/mol. The summed E-state index contributed by atoms with van der Waals surface area (Å²) in [6.07, 6.45) is 3.74. The molecule has 0 saturated carbocycles. The third-order valence-electron chi connectivity index (χ3n) is 2.41. The smallest absolute Gasteiger partial charge is 0.234 e. The zero-order valence-corrected chi connectivity index (χ0v) is 7.81. The number of hydrogen-bond donors (Lipinski definition) is 0. The lowest BCUT2D eigenvalue weighted by molar-refractivity contribution is 1.13. The summed E-state index contributed by atoms with van der Waals surface area (Å²) in [5, 5.41) is 0. The molecule has 2 heterocycles. The summed E-state index contributed by atoms with van der Waals surface area (Å²) in [6.45, 7) is 2.06. The van der Waals surface area contributed by atoms with Crippen LogP contribution in [0, 0.1) is 6.92 Å². The molecular formula is C11H9N3. The van der Waals surface area contributed by atoms with E-state index in [0.29, 0.717) is 0 Å². The highest BCUT2D eigenvalue weighted by molar-refractivity contribution is 5.82. The zero-order chi connectivity index (χ0) is 9.54. The molecule has 3 rings (SSSR count). The van der Waals surface area contributed by atoms with E-state index in [2.05, 4.69) is 29.0 Å². The molecule has 0 atom stereocenters. The van der Waals surface area contributed by atoms with Crippen molar-refractivity contribution in [3.8, 4) is 0 Å². The molecule has 14 heavy (non-hydrogen) atoms. The van der Waals surface area contributed by atoms with E-state index in [1.54, 1.807) is 6.20 Å². The predicted molar refractivity (Wildman–Crippen MR) is 55.2 cm³/mol. The Hall–Kier alpha value is -1.90. The van der Waals surface area contributed by atoms with E-state index in [0.717, 1.165) is 16.8 Å². The number of para-hydroxylation sites is 1. The fourth-order valence-electron chi connectivity index (χ4n) is 1.72. The van der Waals surface area contributed by atoms with Gasteiger partial charge in [0.1, 0.15) is 0 Å². The first kappa shape index (κ1) is 7.50. The number of rotatable bonds is 0. The Morgan fingerprint density at radius 1 is 1.21 bits per heavy atom. The number of aromatic nitrogens is 3. The van der Waals surface area contributed by atoms with Crippen LogP contribution in [-0.4, -0.2) is 14.4 Å². The van der Waals surface area contributed by atoms with Crippen LogP contribution in [-0.2, 0) is 0 Å². The molecule has 0 aliphatic carbocycles. The molecule has 1 aromatic carbocycles. The molecule has 0 radical (unpaired) electrons. The molecule has 0 bridgehead atoms. The zero-order valence-electron chi connectivity index (χ0n) is 7.81. The van der Waals surface area contributed by atoms with Crippen molar-refractivity contribution >= 4 is 16.8 Å². The summed E-state index contributed by atoms with van der Waals surface area (Å²) in [5.74, 6) is 0.761. The predicted octanol–water partition coefficient (Wildman–Crippen LogP) is 2.19. The van der Waals surface area contributed by atoms with Gasteiger partial charge in [0.25, 0.3) is 0 Å². The summed E-state index contributed by atoms with van der Waals surface area (Å²) >= 11 is 0. The van der Waals surface area contributed by atoms with Crippen molar-refractivity contribution in [1.29, 1.82) is 0 Å². The van der Waals surface area contributed by atoms with E-state index in [1.807, 2.05) is 22.7 Å². The van der Waals surface area contributed by atoms with Crippen LogP contribution in [0.1, 0.15) is 5.56 Å². The van der Waals surface area contributed by atoms with E-state index in [1.165, 1.54) is 5.56 Å². The second kappa shape index (κ2) is 2.54. The second-order valence-corrected chi connectivity index (χ2v) is 3.34. The van der Waals surface area contributed by atoms with E-state index in [9.17, 15) is 0 Å². The van der Waals surface area contributed by atoms with Gasteiger partial charge >= 0.3 is 0 Å². The average Bonchev–Trinajstić information content (AvgIpc) is 2.59. The number of benzene rings is 1. The van der Waals surface area contributed by atoms with Crippen LogP contribution < -0.4 is 0 Å². The Bertz CT molecular complexity index is 610. The molecule has 0 aliphatic rings. The van der Waals surface area contributed by atoms with E-state index < -0.39 is 0 Å². The Morgan fingerprint density at radius 3 is 3.07 bits per heavy atom. The number of aryl methyl sites for hydroxylation is 1. The molecule has 3 aromatic rings. The van der Waals surface area contributed by atoms with Gasteiger partial charge < -0.3 is 0 Å². The lowest BCUT2D eigenvalue weighted by atomic mass is 10.2. The minimum atomic E-state index is 0.761. The summed E-state index contributed by atoms with van der Waals surface area (Å²) < 4.78 is 2.00. The Labute approximate surface area is 81.0 Å². The molecule has 0 N–H and O–H groups in total. The largest absolute Gasteiger partial charge is 0.284 e. The number of nitrogens with zero attached hydrogens (tertiary/aromatic N) is 3. The van der Waals surface area contributed by atoms with Crippen molar-refractivity contribution in [2.24, 2.45) is 0 Å². The maximum atomic E-state index is 4.47. The first-order chi connectivity index (χ1) is 6.86. The molecular weight excluding hydrogens is 174 g/mol. The topological polar surface area (TPSA) is 30.2 Å². The SMILES string of the molecule is Cc1cccc2c1nc1ncccn12. The standard InChI is InChI=1S/C11H9N3/c1-8-4-2-5-9-10(8)13-11-12-6-3-7-14(9)11/h2-7H,1H3. The molecule has 2 aromatic heterocycles. The number of fused-ring (bicyclic) bond motifs is 3. The summed E-state index contributed by atoms with van der Waals surface area (Å²) in [5.41, 5.74) is 3.34. The fourth-order valence-corrected chi connectivity index (χ4v) is 1.72. The van der Waals surface area contributed by atoms with Crippen LogP contribution in [0.5, 0.6) is 0 Å². The van der Waals surface area contributed by atoms with Crippen LogP contribution in [0.2, 0.25) is 0 Å². The maximum Gasteiger partial charge on any atom is 0.234 e. The minimum absolute atomic E-state index is 0.761. The van der Waals surface area contributed by atoms with Crippen LogP contribution in [0.15, 0.2) is 36.7 Å². The summed E-state index contributed by atoms with van der Waals surface area (Å²) in [6, 6.07) is 8.08. The molecule has 0 saturated heterocycles. The quantitative estimate of drug-likeness (QED) is 0.534. The van der Waals surface area contributed by atoms with Gasteiger partial charge in [0, 0.05) is 12.4 Å². The highest BCUT2D eigenvalue weighted by atomic mass is 15.1. The van der Waals surface area contributed by atoms with E-state index in [4.69, 9.17) is 0 Å². The van der Waals surface area contributed by atoms with E-state index >= 15 is 0 Å². The van der Waals surface area contributed by atoms with Gasteiger partial charge in [-0.3, -0.25) is 4.40 Å². The lowest BCUT2D eigenvalue weighted by Gasteiger charge is -1.94. The van der Waals surface area contributed by atoms with Gasteiger partial charge in [-0.15, -0.1) is 0 Å². The highest BCUT2D eigenvalue weighted by Gasteiger charge is 2.05. The van der Waals surface area contributed by atoms with Crippen molar-refractivity contribution in [3.05, 3.63) is 42.2 Å². The first-order valence-corrected chi connectivity index (χ1v) is 4.55. The minimum Gasteiger partial charge on any atom is -0.284 e. The van der Waals surface area contributed by atoms with Crippen molar-refractivity contribution in [2.45, 2.75) is 6.92 Å². The third-order valence-corrected chi connectivity index (χ3v) is 2.41. The number of imidazole rings is 1. The van der Waals surface area contributed by atoms with E-state index in [-0.39, 0.29) is 0 Å². The molecule has 0 fully saturated rings. The van der Waals surface area contributed by atoms with Crippen LogP contribution in [0.3, 0.4) is 0 Å². The monoisotopic (exact) mass is 183 g/mol. The van der Waals surface area contributed by atoms with Crippen LogP contribution in [0.4, 0.5) is 0 Å². The van der Waals surface area contributed by atoms with Gasteiger partial charge in [0.15, 0.2) is 0 Å². The molecule has 0 unspecified atom stereocenters. The van der Waals surface area contributed by atoms with Crippen molar-refractivity contribution in [2.75, 3.05) is 0 Å². The van der Waals surface area contributed by atoms with Gasteiger partial charge in [-0.1, -0.05) is 12.1 Å². The molecule has 0 aliphatic heterocycles. The molecule has 0 spiro atoms. The van der Waals surface area contributed by atoms with Crippen molar-refractivity contribution in [1.82, 2.24) is 14.4 Å². The van der Waals surface area contributed by atoms with Crippen LogP contribution >= 0.6 is 0 Å². The van der Waals surface area contributed by atoms with Gasteiger partial charge in [0.05, 0.1) is 11.0 Å². The van der Waals surface area contributed by atoms with Crippen molar-refractivity contribution in [3.63, 3.8) is 0 Å². The van der Waals surface area contributed by atoms with Gasteiger partial charge in [-0.25, -0.2) is 9.97 Å². The summed E-state index contributed by atoms with van der Waals surface area (Å²) in [4.78, 5) is 8.68. The Balaban J connectivity index is 2.63. The Kier molecular flexibility index (Phi) is 1.36. The lowest BCUT2D eigenvalue weighted by Crippen LogP contribution is -1.84. The molecule has 68 valence electrons. The summed E-state index contributed by atoms with van der Waals surface area (Å²) in [7, 11) is 0. The van der Waals surface area contributed by atoms with Crippen LogP contribution in [0.25, 0.3) is 16.8 Å². The number of hydrogen-bond acceptors (Lipinski definition) is 2. The maximum absolute atomic E-state index is 4.47. The Morgan fingerprint density at radius 2 is 2.14 bits per heavy atom. The van der Waals surface area contributed by atoms with Gasteiger partial charge in [-0.2, -0.15) is 0 Å². The molecule has 0 amide bonds. The fraction of sp³-hybridized carbons (Fsp3) is 0.0909. The van der Waals surface area contributed by atoms with Crippen molar-refractivity contribution < 1.29 is 0 Å². The second-order valence-electron chi connectivity index (χ2n) is 3.34. The first-order valence-electron chi connectivity index (χ1n) is 4.55. The van der Waals surface area contributed by atoms with Gasteiger partial charge in [0.2, 0.25) is 5.78 Å². The normalized spacial score (nSPS) is 11.2. The third kappa shape index (κ3) is 0.865.